The molecule has 0 bridgehead atoms. The summed E-state index contributed by atoms with van der Waals surface area (Å²) in [7, 11) is 1.85. The highest BCUT2D eigenvalue weighted by molar-refractivity contribution is 5.89. The first-order valence-electron chi connectivity index (χ1n) is 10.2. The van der Waals surface area contributed by atoms with Crippen LogP contribution < -0.4 is 5.32 Å². The fourth-order valence-corrected chi connectivity index (χ4v) is 4.77. The highest BCUT2D eigenvalue weighted by Crippen LogP contribution is 2.39. The van der Waals surface area contributed by atoms with Crippen LogP contribution in [0.4, 0.5) is 4.39 Å². The average Bonchev–Trinajstić information content (AvgIpc) is 3.42. The third-order valence-corrected chi connectivity index (χ3v) is 6.42. The molecule has 2 aliphatic heterocycles. The Morgan fingerprint density at radius 3 is 2.93 bits per heavy atom. The van der Waals surface area contributed by atoms with E-state index in [2.05, 4.69) is 15.4 Å². The highest BCUT2D eigenvalue weighted by atomic mass is 19.1. The summed E-state index contributed by atoms with van der Waals surface area (Å²) in [4.78, 5) is 18.9. The van der Waals surface area contributed by atoms with Crippen molar-refractivity contribution >= 4 is 16.8 Å². The Bertz CT molecular complexity index is 1110. The van der Waals surface area contributed by atoms with Gasteiger partial charge >= 0.3 is 0 Å². The van der Waals surface area contributed by atoms with Gasteiger partial charge in [-0.3, -0.25) is 19.8 Å². The SMILES string of the molecule is CCn1ncc2cc(F)c(-c3ccnc([C@H]4CC[C@@]5(CCN(C)C5=O)N4)c3)cc21. The Labute approximate surface area is 168 Å². The van der Waals surface area contributed by atoms with Crippen LogP contribution in [-0.2, 0) is 11.3 Å². The van der Waals surface area contributed by atoms with Gasteiger partial charge in [-0.25, -0.2) is 4.39 Å². The van der Waals surface area contributed by atoms with E-state index in [4.69, 9.17) is 0 Å². The Hall–Kier alpha value is -2.80. The van der Waals surface area contributed by atoms with E-state index in [1.807, 2.05) is 36.9 Å². The van der Waals surface area contributed by atoms with Gasteiger partial charge in [0.25, 0.3) is 0 Å². The molecular formula is C22H24FN5O. The van der Waals surface area contributed by atoms with Crippen LogP contribution in [0.25, 0.3) is 22.0 Å². The van der Waals surface area contributed by atoms with E-state index in [1.165, 1.54) is 0 Å². The smallest absolute Gasteiger partial charge is 0.242 e. The van der Waals surface area contributed by atoms with E-state index in [0.717, 1.165) is 54.5 Å². The zero-order valence-corrected chi connectivity index (χ0v) is 16.7. The second-order valence-electron chi connectivity index (χ2n) is 8.11. The minimum absolute atomic E-state index is 0.00152. The number of fused-ring (bicyclic) bond motifs is 1. The van der Waals surface area contributed by atoms with Gasteiger partial charge < -0.3 is 4.90 Å². The molecule has 2 fully saturated rings. The maximum Gasteiger partial charge on any atom is 0.242 e. The summed E-state index contributed by atoms with van der Waals surface area (Å²) in [6, 6.07) is 7.17. The lowest BCUT2D eigenvalue weighted by molar-refractivity contribution is -0.131. The number of amides is 1. The molecule has 7 heteroatoms. The van der Waals surface area contributed by atoms with E-state index in [-0.39, 0.29) is 17.8 Å². The normalized spacial score (nSPS) is 24.3. The fourth-order valence-electron chi connectivity index (χ4n) is 4.77. The third kappa shape index (κ3) is 2.83. The van der Waals surface area contributed by atoms with Crippen LogP contribution in [0.1, 0.15) is 37.9 Å². The maximum atomic E-state index is 14.8. The van der Waals surface area contributed by atoms with Crippen LogP contribution in [0.2, 0.25) is 0 Å². The second kappa shape index (κ2) is 6.62. The number of benzene rings is 1. The molecule has 6 nitrogen and oxygen atoms in total. The topological polar surface area (TPSA) is 63.1 Å². The molecule has 5 rings (SSSR count). The van der Waals surface area contributed by atoms with Crippen LogP contribution in [0, 0.1) is 5.82 Å². The number of aryl methyl sites for hydroxylation is 1. The van der Waals surface area contributed by atoms with Crippen LogP contribution >= 0.6 is 0 Å². The number of halogens is 1. The van der Waals surface area contributed by atoms with E-state index < -0.39 is 5.54 Å². The minimum Gasteiger partial charge on any atom is -0.344 e. The molecule has 0 unspecified atom stereocenters. The number of pyridine rings is 1. The summed E-state index contributed by atoms with van der Waals surface area (Å²) in [6.45, 7) is 3.53. The zero-order valence-electron chi connectivity index (χ0n) is 16.7. The number of carbonyl (C=O) groups is 1. The molecule has 2 aliphatic rings. The minimum atomic E-state index is -0.463. The molecule has 2 aromatic heterocycles. The van der Waals surface area contributed by atoms with Gasteiger partial charge in [0.1, 0.15) is 11.4 Å². The molecule has 29 heavy (non-hydrogen) atoms. The molecule has 1 spiro atoms. The number of hydrogen-bond donors (Lipinski definition) is 1. The van der Waals surface area contributed by atoms with Crippen molar-refractivity contribution in [3.05, 3.63) is 48.2 Å². The molecule has 2 saturated heterocycles. The van der Waals surface area contributed by atoms with Crippen molar-refractivity contribution in [1.82, 2.24) is 25.0 Å². The highest BCUT2D eigenvalue weighted by Gasteiger charge is 2.50. The monoisotopic (exact) mass is 393 g/mol. The summed E-state index contributed by atoms with van der Waals surface area (Å²) in [5.41, 5.74) is 2.64. The lowest BCUT2D eigenvalue weighted by atomic mass is 9.96. The fraction of sp³-hybridized carbons (Fsp3) is 0.409. The largest absolute Gasteiger partial charge is 0.344 e. The van der Waals surface area contributed by atoms with Crippen molar-refractivity contribution in [3.63, 3.8) is 0 Å². The van der Waals surface area contributed by atoms with Crippen LogP contribution in [-0.4, -0.2) is 44.7 Å². The van der Waals surface area contributed by atoms with E-state index in [9.17, 15) is 9.18 Å². The number of carbonyl (C=O) groups excluding carboxylic acids is 1. The lowest BCUT2D eigenvalue weighted by Gasteiger charge is -2.23. The molecule has 1 aromatic carbocycles. The van der Waals surface area contributed by atoms with Gasteiger partial charge in [0.05, 0.1) is 23.4 Å². The standard InChI is InChI=1S/C22H24FN5O/c1-3-28-20-12-16(17(23)10-15(20)13-25-28)14-5-8-24-19(11-14)18-4-6-22(26-18)7-9-27(2)21(22)29/h5,8,10-13,18,26H,3-4,6-7,9H2,1-2H3/t18-,22+/m1/s1. The third-order valence-electron chi connectivity index (χ3n) is 6.42. The van der Waals surface area contributed by atoms with E-state index in [1.54, 1.807) is 23.4 Å². The van der Waals surface area contributed by atoms with Gasteiger partial charge in [-0.1, -0.05) is 0 Å². The number of hydrogen-bond acceptors (Lipinski definition) is 4. The van der Waals surface area contributed by atoms with E-state index >= 15 is 0 Å². The van der Waals surface area contributed by atoms with Crippen molar-refractivity contribution in [2.75, 3.05) is 13.6 Å². The van der Waals surface area contributed by atoms with Crippen molar-refractivity contribution < 1.29 is 9.18 Å². The molecule has 0 aliphatic carbocycles. The zero-order chi connectivity index (χ0) is 20.2. The average molecular weight is 393 g/mol. The summed E-state index contributed by atoms with van der Waals surface area (Å²) < 4.78 is 16.7. The number of likely N-dealkylation sites (tertiary alicyclic amines) is 1. The number of nitrogens with zero attached hydrogens (tertiary/aromatic N) is 4. The Kier molecular flexibility index (Phi) is 4.17. The number of likely N-dealkylation sites (N-methyl/N-ethyl adjacent to an activating group) is 1. The number of aromatic nitrogens is 3. The van der Waals surface area contributed by atoms with E-state index in [0.29, 0.717) is 5.56 Å². The van der Waals surface area contributed by atoms with Gasteiger partial charge in [0, 0.05) is 37.3 Å². The number of rotatable bonds is 3. The van der Waals surface area contributed by atoms with Crippen molar-refractivity contribution in [1.29, 1.82) is 0 Å². The Morgan fingerprint density at radius 2 is 2.17 bits per heavy atom. The predicted octanol–water partition coefficient (Wildman–Crippen LogP) is 3.28. The summed E-state index contributed by atoms with van der Waals surface area (Å²) in [5, 5.41) is 8.65. The quantitative estimate of drug-likeness (QED) is 0.742. The van der Waals surface area contributed by atoms with Crippen LogP contribution in [0.5, 0.6) is 0 Å². The van der Waals surface area contributed by atoms with Gasteiger partial charge in [0.2, 0.25) is 5.91 Å². The second-order valence-corrected chi connectivity index (χ2v) is 8.11. The van der Waals surface area contributed by atoms with Crippen molar-refractivity contribution in [2.24, 2.45) is 0 Å². The first-order chi connectivity index (χ1) is 14.0. The molecule has 2 atom stereocenters. The molecular weight excluding hydrogens is 369 g/mol. The molecule has 4 heterocycles. The van der Waals surface area contributed by atoms with Gasteiger partial charge in [-0.2, -0.15) is 5.10 Å². The first kappa shape index (κ1) is 18.2. The Balaban J connectivity index is 1.49. The molecule has 3 aromatic rings. The predicted molar refractivity (Wildman–Crippen MR) is 109 cm³/mol. The summed E-state index contributed by atoms with van der Waals surface area (Å²) in [6.07, 6.45) is 5.90. The molecule has 0 radical (unpaired) electrons. The summed E-state index contributed by atoms with van der Waals surface area (Å²) in [5.74, 6) is -0.103. The molecule has 1 amide bonds. The molecule has 1 N–H and O–H groups in total. The van der Waals surface area contributed by atoms with Gasteiger partial charge in [0.15, 0.2) is 0 Å². The summed E-state index contributed by atoms with van der Waals surface area (Å²) >= 11 is 0. The number of nitrogens with one attached hydrogen (secondary N) is 1. The van der Waals surface area contributed by atoms with Crippen molar-refractivity contribution in [3.8, 4) is 11.1 Å². The van der Waals surface area contributed by atoms with Crippen LogP contribution in [0.3, 0.4) is 0 Å². The first-order valence-corrected chi connectivity index (χ1v) is 10.2. The van der Waals surface area contributed by atoms with Gasteiger partial charge in [-0.05, 0) is 56.0 Å². The Morgan fingerprint density at radius 1 is 1.31 bits per heavy atom. The lowest BCUT2D eigenvalue weighted by Crippen LogP contribution is -2.47. The maximum absolute atomic E-state index is 14.8. The van der Waals surface area contributed by atoms with Gasteiger partial charge in [-0.15, -0.1) is 0 Å². The van der Waals surface area contributed by atoms with Crippen LogP contribution in [0.15, 0.2) is 36.7 Å². The van der Waals surface area contributed by atoms with Crippen molar-refractivity contribution in [2.45, 2.75) is 44.3 Å². The molecule has 150 valence electrons. The molecule has 0 saturated carbocycles.